The maximum Gasteiger partial charge on any atom is 0.228 e. The number of benzene rings is 2. The summed E-state index contributed by atoms with van der Waals surface area (Å²) in [6, 6.07) is 15.1. The molecule has 3 nitrogen and oxygen atoms in total. The topological polar surface area (TPSA) is 55.1 Å². The largest absolute Gasteiger partial charge is 0.399 e. The number of carbonyl (C=O) groups excluding carboxylic acids is 1. The predicted octanol–water partition coefficient (Wildman–Crippen LogP) is 2.76. The summed E-state index contributed by atoms with van der Waals surface area (Å²) >= 11 is 0. The molecular formula is C15H16N2O. The van der Waals surface area contributed by atoms with Crippen molar-refractivity contribution < 1.29 is 4.79 Å². The molecule has 0 spiro atoms. The second-order valence-corrected chi connectivity index (χ2v) is 4.28. The fourth-order valence-electron chi connectivity index (χ4n) is 1.80. The third-order valence-corrected chi connectivity index (χ3v) is 2.73. The number of carbonyl (C=O) groups is 1. The van der Waals surface area contributed by atoms with Crippen LogP contribution in [0.4, 0.5) is 11.4 Å². The highest BCUT2D eigenvalue weighted by atomic mass is 16.1. The van der Waals surface area contributed by atoms with Gasteiger partial charge in [-0.3, -0.25) is 4.79 Å². The van der Waals surface area contributed by atoms with Crippen molar-refractivity contribution in [3.8, 4) is 0 Å². The number of anilines is 2. The van der Waals surface area contributed by atoms with Crippen LogP contribution in [-0.2, 0) is 11.2 Å². The summed E-state index contributed by atoms with van der Waals surface area (Å²) in [4.78, 5) is 11.9. The van der Waals surface area contributed by atoms with Crippen molar-refractivity contribution in [1.29, 1.82) is 0 Å². The van der Waals surface area contributed by atoms with Gasteiger partial charge in [0.05, 0.1) is 6.42 Å². The molecule has 0 atom stereocenters. The third-order valence-electron chi connectivity index (χ3n) is 2.73. The van der Waals surface area contributed by atoms with E-state index in [1.807, 2.05) is 55.5 Å². The molecule has 2 aromatic rings. The van der Waals surface area contributed by atoms with Crippen LogP contribution in [0.15, 0.2) is 48.5 Å². The Bertz CT molecular complexity index is 564. The summed E-state index contributed by atoms with van der Waals surface area (Å²) in [5, 5.41) is 2.90. The molecule has 0 aliphatic rings. The van der Waals surface area contributed by atoms with Gasteiger partial charge in [-0.2, -0.15) is 0 Å². The molecule has 0 aromatic heterocycles. The molecule has 2 aromatic carbocycles. The van der Waals surface area contributed by atoms with E-state index >= 15 is 0 Å². The zero-order valence-electron chi connectivity index (χ0n) is 10.3. The number of rotatable bonds is 3. The number of aryl methyl sites for hydroxylation is 1. The van der Waals surface area contributed by atoms with Crippen LogP contribution < -0.4 is 11.1 Å². The van der Waals surface area contributed by atoms with Gasteiger partial charge in [-0.15, -0.1) is 0 Å². The lowest BCUT2D eigenvalue weighted by Gasteiger charge is -2.08. The van der Waals surface area contributed by atoms with E-state index in [-0.39, 0.29) is 5.91 Å². The Morgan fingerprint density at radius 3 is 2.67 bits per heavy atom. The normalized spacial score (nSPS) is 10.1. The van der Waals surface area contributed by atoms with Gasteiger partial charge in [-0.1, -0.05) is 30.3 Å². The molecule has 0 saturated heterocycles. The van der Waals surface area contributed by atoms with Crippen LogP contribution in [0.25, 0.3) is 0 Å². The summed E-state index contributed by atoms with van der Waals surface area (Å²) in [6.45, 7) is 1.97. The van der Waals surface area contributed by atoms with E-state index in [2.05, 4.69) is 5.32 Å². The number of amides is 1. The van der Waals surface area contributed by atoms with Gasteiger partial charge < -0.3 is 11.1 Å². The summed E-state index contributed by atoms with van der Waals surface area (Å²) in [5.74, 6) is -0.0325. The lowest BCUT2D eigenvalue weighted by molar-refractivity contribution is -0.115. The van der Waals surface area contributed by atoms with E-state index in [9.17, 15) is 4.79 Å². The molecule has 92 valence electrons. The molecule has 0 heterocycles. The van der Waals surface area contributed by atoms with Crippen molar-refractivity contribution in [3.63, 3.8) is 0 Å². The van der Waals surface area contributed by atoms with Gasteiger partial charge in [0.25, 0.3) is 0 Å². The monoisotopic (exact) mass is 240 g/mol. The minimum Gasteiger partial charge on any atom is -0.399 e. The zero-order valence-corrected chi connectivity index (χ0v) is 10.3. The van der Waals surface area contributed by atoms with Crippen LogP contribution >= 0.6 is 0 Å². The average Bonchev–Trinajstić information content (AvgIpc) is 2.32. The first kappa shape index (κ1) is 12.2. The van der Waals surface area contributed by atoms with Crippen molar-refractivity contribution in [2.75, 3.05) is 11.1 Å². The molecule has 3 N–H and O–H groups in total. The maximum atomic E-state index is 11.9. The highest BCUT2D eigenvalue weighted by Crippen LogP contribution is 2.14. The molecule has 1 amide bonds. The van der Waals surface area contributed by atoms with E-state index < -0.39 is 0 Å². The van der Waals surface area contributed by atoms with E-state index in [4.69, 9.17) is 5.73 Å². The maximum absolute atomic E-state index is 11.9. The number of nitrogens with one attached hydrogen (secondary N) is 1. The Labute approximate surface area is 107 Å². The predicted molar refractivity (Wildman–Crippen MR) is 74.4 cm³/mol. The lowest BCUT2D eigenvalue weighted by atomic mass is 10.1. The van der Waals surface area contributed by atoms with Gasteiger partial charge in [0.15, 0.2) is 0 Å². The molecule has 0 aliphatic heterocycles. The number of para-hydroxylation sites is 1. The van der Waals surface area contributed by atoms with E-state index in [0.29, 0.717) is 12.1 Å². The van der Waals surface area contributed by atoms with Crippen LogP contribution in [0.2, 0.25) is 0 Å². The molecule has 3 heteroatoms. The lowest BCUT2D eigenvalue weighted by Crippen LogP contribution is -2.15. The molecule has 0 unspecified atom stereocenters. The van der Waals surface area contributed by atoms with Gasteiger partial charge in [-0.05, 0) is 36.2 Å². The van der Waals surface area contributed by atoms with Crippen molar-refractivity contribution in [2.45, 2.75) is 13.3 Å². The fraction of sp³-hybridized carbons (Fsp3) is 0.133. The van der Waals surface area contributed by atoms with E-state index in [1.54, 1.807) is 0 Å². The average molecular weight is 240 g/mol. The Morgan fingerprint density at radius 2 is 1.94 bits per heavy atom. The summed E-state index contributed by atoms with van der Waals surface area (Å²) in [5.41, 5.74) is 9.18. The van der Waals surface area contributed by atoms with Gasteiger partial charge in [0.2, 0.25) is 5.91 Å². The Kier molecular flexibility index (Phi) is 3.63. The quantitative estimate of drug-likeness (QED) is 0.810. The Balaban J connectivity index is 2.03. The highest BCUT2D eigenvalue weighted by molar-refractivity contribution is 5.93. The molecule has 2 rings (SSSR count). The summed E-state index contributed by atoms with van der Waals surface area (Å²) in [7, 11) is 0. The van der Waals surface area contributed by atoms with Crippen molar-refractivity contribution in [2.24, 2.45) is 0 Å². The standard InChI is InChI=1S/C15H16N2O/c1-11-5-2-3-8-14(11)17-15(18)10-12-6-4-7-13(16)9-12/h2-9H,10,16H2,1H3,(H,17,18). The molecule has 0 radical (unpaired) electrons. The first-order chi connectivity index (χ1) is 8.65. The second kappa shape index (κ2) is 5.36. The fourth-order valence-corrected chi connectivity index (χ4v) is 1.80. The van der Waals surface area contributed by atoms with E-state index in [0.717, 1.165) is 16.8 Å². The van der Waals surface area contributed by atoms with Crippen molar-refractivity contribution in [1.82, 2.24) is 0 Å². The molecule has 0 aliphatic carbocycles. The van der Waals surface area contributed by atoms with Crippen molar-refractivity contribution >= 4 is 17.3 Å². The highest BCUT2D eigenvalue weighted by Gasteiger charge is 2.05. The molecular weight excluding hydrogens is 224 g/mol. The molecule has 0 fully saturated rings. The smallest absolute Gasteiger partial charge is 0.228 e. The van der Waals surface area contributed by atoms with Gasteiger partial charge >= 0.3 is 0 Å². The molecule has 0 bridgehead atoms. The molecule has 0 saturated carbocycles. The van der Waals surface area contributed by atoms with E-state index in [1.165, 1.54) is 0 Å². The Morgan fingerprint density at radius 1 is 1.17 bits per heavy atom. The first-order valence-corrected chi connectivity index (χ1v) is 5.85. The van der Waals surface area contributed by atoms with Crippen LogP contribution in [0, 0.1) is 6.92 Å². The van der Waals surface area contributed by atoms with Gasteiger partial charge in [-0.25, -0.2) is 0 Å². The number of hydrogen-bond acceptors (Lipinski definition) is 2. The minimum absolute atomic E-state index is 0.0325. The summed E-state index contributed by atoms with van der Waals surface area (Å²) < 4.78 is 0. The van der Waals surface area contributed by atoms with Gasteiger partial charge in [0.1, 0.15) is 0 Å². The summed E-state index contributed by atoms with van der Waals surface area (Å²) in [6.07, 6.45) is 0.333. The number of hydrogen-bond donors (Lipinski definition) is 2. The van der Waals surface area contributed by atoms with Crippen LogP contribution in [-0.4, -0.2) is 5.91 Å². The second-order valence-electron chi connectivity index (χ2n) is 4.28. The van der Waals surface area contributed by atoms with Crippen LogP contribution in [0.3, 0.4) is 0 Å². The van der Waals surface area contributed by atoms with Crippen LogP contribution in [0.1, 0.15) is 11.1 Å². The SMILES string of the molecule is Cc1ccccc1NC(=O)Cc1cccc(N)c1. The van der Waals surface area contributed by atoms with Gasteiger partial charge in [0, 0.05) is 11.4 Å². The Hall–Kier alpha value is -2.29. The minimum atomic E-state index is -0.0325. The third kappa shape index (κ3) is 3.10. The number of nitrogen functional groups attached to an aromatic ring is 1. The van der Waals surface area contributed by atoms with Crippen LogP contribution in [0.5, 0.6) is 0 Å². The number of nitrogens with two attached hydrogens (primary N) is 1. The molecule has 18 heavy (non-hydrogen) atoms. The zero-order chi connectivity index (χ0) is 13.0. The first-order valence-electron chi connectivity index (χ1n) is 5.85. The van der Waals surface area contributed by atoms with Crippen molar-refractivity contribution in [3.05, 3.63) is 59.7 Å².